The molecule has 0 aromatic heterocycles. The third-order valence-electron chi connectivity index (χ3n) is 4.77. The van der Waals surface area contributed by atoms with Crippen molar-refractivity contribution >= 4 is 23.4 Å². The minimum atomic E-state index is -6.59. The van der Waals surface area contributed by atoms with Crippen LogP contribution < -0.4 is 10.3 Å². The first-order chi connectivity index (χ1) is 14.5. The standard InChI is InChI=1S/C17H12ClF10N3O/c18-31-12(13(32)29-9-2-3-9)5-6-30(31)11-4-1-8(7-10(11)15(20,21)22)14(19,16(23,24)25)17(26,27)28/h1,4-7,9,12H,2-3H2,(H,29,32). The van der Waals surface area contributed by atoms with Crippen molar-refractivity contribution in [3.63, 3.8) is 0 Å². The third-order valence-corrected chi connectivity index (χ3v) is 5.14. The molecule has 0 spiro atoms. The molecule has 1 aromatic rings. The van der Waals surface area contributed by atoms with Gasteiger partial charge in [-0.25, -0.2) is 4.39 Å². The summed E-state index contributed by atoms with van der Waals surface area (Å²) in [4.78, 5) is 12.1. The zero-order chi connectivity index (χ0) is 24.3. The van der Waals surface area contributed by atoms with Crippen LogP contribution in [0, 0.1) is 0 Å². The molecule has 1 amide bonds. The number of rotatable bonds is 4. The number of alkyl halides is 10. The van der Waals surface area contributed by atoms with Crippen LogP contribution in [0.2, 0.25) is 0 Å². The van der Waals surface area contributed by atoms with Gasteiger partial charge in [-0.2, -0.15) is 39.5 Å². The minimum absolute atomic E-state index is 0.0677. The van der Waals surface area contributed by atoms with Crippen LogP contribution in [0.25, 0.3) is 0 Å². The van der Waals surface area contributed by atoms with Gasteiger partial charge in [0.1, 0.15) is 6.04 Å². The highest BCUT2D eigenvalue weighted by Crippen LogP contribution is 2.54. The van der Waals surface area contributed by atoms with E-state index in [0.717, 1.165) is 12.3 Å². The van der Waals surface area contributed by atoms with Crippen LogP contribution in [0.4, 0.5) is 49.6 Å². The molecule has 1 aromatic carbocycles. The molecule has 1 atom stereocenters. The van der Waals surface area contributed by atoms with Gasteiger partial charge in [0.2, 0.25) is 5.91 Å². The molecule has 0 saturated heterocycles. The number of nitrogens with zero attached hydrogens (tertiary/aromatic N) is 2. The third kappa shape index (κ3) is 4.21. The Bertz CT molecular complexity index is 909. The lowest BCUT2D eigenvalue weighted by Gasteiger charge is -2.32. The topological polar surface area (TPSA) is 35.6 Å². The van der Waals surface area contributed by atoms with Gasteiger partial charge in [0.05, 0.1) is 11.3 Å². The molecule has 0 bridgehead atoms. The van der Waals surface area contributed by atoms with E-state index in [1.807, 2.05) is 0 Å². The highest BCUT2D eigenvalue weighted by Gasteiger charge is 2.73. The number of nitrogens with one attached hydrogen (secondary N) is 1. The van der Waals surface area contributed by atoms with E-state index in [1.165, 1.54) is 0 Å². The van der Waals surface area contributed by atoms with E-state index in [4.69, 9.17) is 11.8 Å². The summed E-state index contributed by atoms with van der Waals surface area (Å²) < 4.78 is 133. The maximum absolute atomic E-state index is 14.3. The van der Waals surface area contributed by atoms with Crippen LogP contribution >= 0.6 is 11.8 Å². The average molecular weight is 500 g/mol. The van der Waals surface area contributed by atoms with Crippen molar-refractivity contribution in [2.24, 2.45) is 0 Å². The van der Waals surface area contributed by atoms with Crippen molar-refractivity contribution in [3.8, 4) is 0 Å². The zero-order valence-electron chi connectivity index (χ0n) is 15.4. The first-order valence-corrected chi connectivity index (χ1v) is 9.09. The number of benzene rings is 1. The number of hydrogen-bond acceptors (Lipinski definition) is 3. The SMILES string of the molecule is O=C(NC1CC1)C1C=CN(c2ccc(C(F)(C(F)(F)F)C(F)(F)F)cc2C(F)(F)F)N1Cl. The summed E-state index contributed by atoms with van der Waals surface area (Å²) >= 11 is 5.91. The van der Waals surface area contributed by atoms with Crippen molar-refractivity contribution in [1.29, 1.82) is 0 Å². The van der Waals surface area contributed by atoms with E-state index >= 15 is 0 Å². The van der Waals surface area contributed by atoms with Crippen LogP contribution in [0.15, 0.2) is 30.5 Å². The smallest absolute Gasteiger partial charge is 0.352 e. The molecule has 1 fully saturated rings. The number of hydrogen-bond donors (Lipinski definition) is 1. The maximum atomic E-state index is 14.3. The van der Waals surface area contributed by atoms with Gasteiger partial charge in [0, 0.05) is 29.6 Å². The monoisotopic (exact) mass is 499 g/mol. The molecule has 32 heavy (non-hydrogen) atoms. The molecule has 2 aliphatic rings. The lowest BCUT2D eigenvalue weighted by molar-refractivity contribution is -0.348. The second-order valence-electron chi connectivity index (χ2n) is 7.09. The molecule has 1 N–H and O–H groups in total. The van der Waals surface area contributed by atoms with Crippen LogP contribution in [-0.2, 0) is 16.6 Å². The van der Waals surface area contributed by atoms with Crippen molar-refractivity contribution < 1.29 is 48.7 Å². The van der Waals surface area contributed by atoms with Crippen molar-refractivity contribution in [1.82, 2.24) is 9.84 Å². The number of carbonyl (C=O) groups excluding carboxylic acids is 1. The van der Waals surface area contributed by atoms with E-state index in [9.17, 15) is 48.7 Å². The first-order valence-electron chi connectivity index (χ1n) is 8.75. The van der Waals surface area contributed by atoms with E-state index in [-0.39, 0.29) is 18.2 Å². The minimum Gasteiger partial charge on any atom is -0.352 e. The van der Waals surface area contributed by atoms with Crippen LogP contribution in [0.5, 0.6) is 0 Å². The van der Waals surface area contributed by atoms with E-state index < -0.39 is 59.0 Å². The Labute approximate surface area is 178 Å². The van der Waals surface area contributed by atoms with Gasteiger partial charge in [-0.1, -0.05) is 6.07 Å². The molecule has 4 nitrogen and oxygen atoms in total. The lowest BCUT2D eigenvalue weighted by atomic mass is 9.92. The first kappa shape index (κ1) is 24.4. The molecule has 1 aliphatic carbocycles. The van der Waals surface area contributed by atoms with Gasteiger partial charge >= 0.3 is 24.2 Å². The van der Waals surface area contributed by atoms with Crippen LogP contribution in [0.3, 0.4) is 0 Å². The van der Waals surface area contributed by atoms with Gasteiger partial charge < -0.3 is 5.32 Å². The van der Waals surface area contributed by atoms with Gasteiger partial charge in [-0.05, 0) is 31.1 Å². The number of amides is 1. The summed E-state index contributed by atoms with van der Waals surface area (Å²) in [5.74, 6) is -0.677. The summed E-state index contributed by atoms with van der Waals surface area (Å²) in [5, 5.41) is 3.05. The largest absolute Gasteiger partial charge is 0.435 e. The molecular formula is C17H12ClF10N3O. The van der Waals surface area contributed by atoms with Gasteiger partial charge in [-0.3, -0.25) is 9.80 Å². The van der Waals surface area contributed by atoms with E-state index in [1.54, 1.807) is 0 Å². The summed E-state index contributed by atoms with van der Waals surface area (Å²) in [5.41, 5.74) is -11.4. The van der Waals surface area contributed by atoms with Crippen LogP contribution in [-0.4, -0.2) is 34.9 Å². The lowest BCUT2D eigenvalue weighted by Crippen LogP contribution is -2.50. The molecule has 1 unspecified atom stereocenters. The Morgan fingerprint density at radius 1 is 0.969 bits per heavy atom. The Morgan fingerprint density at radius 3 is 2.00 bits per heavy atom. The summed E-state index contributed by atoms with van der Waals surface area (Å²) in [7, 11) is 0. The summed E-state index contributed by atoms with van der Waals surface area (Å²) in [6.45, 7) is 0. The number of anilines is 1. The fourth-order valence-corrected chi connectivity index (χ4v) is 3.26. The second-order valence-corrected chi connectivity index (χ2v) is 7.43. The predicted octanol–water partition coefficient (Wildman–Crippen LogP) is 5.35. The fourth-order valence-electron chi connectivity index (χ4n) is 2.98. The Kier molecular flexibility index (Phi) is 5.86. The highest BCUT2D eigenvalue weighted by molar-refractivity contribution is 6.16. The van der Waals surface area contributed by atoms with Gasteiger partial charge in [-0.15, -0.1) is 4.53 Å². The summed E-state index contributed by atoms with van der Waals surface area (Å²) in [6.07, 6.45) is -15.3. The molecular weight excluding hydrogens is 488 g/mol. The molecule has 178 valence electrons. The molecule has 1 heterocycles. The predicted molar refractivity (Wildman–Crippen MR) is 90.6 cm³/mol. The molecule has 3 rings (SSSR count). The van der Waals surface area contributed by atoms with E-state index in [0.29, 0.717) is 22.4 Å². The quantitative estimate of drug-likeness (QED) is 0.448. The molecule has 15 heteroatoms. The van der Waals surface area contributed by atoms with Crippen molar-refractivity contribution in [3.05, 3.63) is 41.6 Å². The average Bonchev–Trinajstić information content (AvgIpc) is 3.37. The van der Waals surface area contributed by atoms with Crippen LogP contribution in [0.1, 0.15) is 24.0 Å². The Balaban J connectivity index is 2.04. The van der Waals surface area contributed by atoms with Gasteiger partial charge in [0.15, 0.2) is 0 Å². The van der Waals surface area contributed by atoms with Crippen molar-refractivity contribution in [2.45, 2.75) is 49.1 Å². The Hall–Kier alpha value is -2.22. The second kappa shape index (κ2) is 7.68. The van der Waals surface area contributed by atoms with E-state index in [2.05, 4.69) is 5.32 Å². The summed E-state index contributed by atoms with van der Waals surface area (Å²) in [6, 6.07) is -1.86. The fraction of sp³-hybridized carbons (Fsp3) is 0.471. The molecule has 1 saturated carbocycles. The maximum Gasteiger partial charge on any atom is 0.435 e. The number of halogens is 11. The Morgan fingerprint density at radius 2 is 1.53 bits per heavy atom. The van der Waals surface area contributed by atoms with Crippen molar-refractivity contribution in [2.75, 3.05) is 5.01 Å². The number of carbonyl (C=O) groups is 1. The number of hydrazine groups is 1. The zero-order valence-corrected chi connectivity index (χ0v) is 16.2. The molecule has 0 radical (unpaired) electrons. The van der Waals surface area contributed by atoms with Gasteiger partial charge in [0.25, 0.3) is 0 Å². The normalized spacial score (nSPS) is 20.7. The molecule has 1 aliphatic heterocycles. The highest BCUT2D eigenvalue weighted by atomic mass is 35.5.